The molecule has 0 aliphatic rings. The van der Waals surface area contributed by atoms with E-state index in [0.29, 0.717) is 10.6 Å². The average molecular weight is 422 g/mol. The molecule has 0 bridgehead atoms. The van der Waals surface area contributed by atoms with Gasteiger partial charge < -0.3 is 15.0 Å². The topological polar surface area (TPSA) is 108 Å². The van der Waals surface area contributed by atoms with Gasteiger partial charge in [-0.05, 0) is 32.0 Å². The fourth-order valence-corrected chi connectivity index (χ4v) is 2.88. The first kappa shape index (κ1) is 21.2. The Hall–Kier alpha value is -3.47. The van der Waals surface area contributed by atoms with Crippen LogP contribution in [-0.2, 0) is 17.9 Å². The number of aromatic amines is 1. The van der Waals surface area contributed by atoms with Gasteiger partial charge in [0.15, 0.2) is 0 Å². The van der Waals surface area contributed by atoms with E-state index < -0.39 is 53.4 Å². The highest BCUT2D eigenvalue weighted by molar-refractivity contribution is 5.79. The second kappa shape index (κ2) is 7.75. The van der Waals surface area contributed by atoms with Gasteiger partial charge in [0.2, 0.25) is 5.91 Å². The SMILES string of the molecule is CC(C)(O)N(Cc1ncc(F)cc1F)C(=O)Cn1c(=O)[nH]c2ccc(F)cc2c1=O. The van der Waals surface area contributed by atoms with Crippen molar-refractivity contribution in [2.75, 3.05) is 0 Å². The summed E-state index contributed by atoms with van der Waals surface area (Å²) < 4.78 is 41.1. The normalized spacial score (nSPS) is 11.7. The molecule has 0 saturated carbocycles. The van der Waals surface area contributed by atoms with Gasteiger partial charge in [-0.15, -0.1) is 0 Å². The summed E-state index contributed by atoms with van der Waals surface area (Å²) >= 11 is 0. The van der Waals surface area contributed by atoms with Gasteiger partial charge in [-0.1, -0.05) is 0 Å². The molecule has 3 rings (SSSR count). The zero-order chi connectivity index (χ0) is 22.2. The van der Waals surface area contributed by atoms with Crippen molar-refractivity contribution in [2.45, 2.75) is 32.7 Å². The molecule has 11 heteroatoms. The molecule has 2 N–H and O–H groups in total. The molecule has 0 atom stereocenters. The van der Waals surface area contributed by atoms with E-state index in [-0.39, 0.29) is 16.6 Å². The van der Waals surface area contributed by atoms with Gasteiger partial charge in [-0.3, -0.25) is 19.1 Å². The molecule has 0 aliphatic heterocycles. The summed E-state index contributed by atoms with van der Waals surface area (Å²) in [5, 5.41) is 10.2. The molecule has 1 amide bonds. The Labute approximate surface area is 167 Å². The van der Waals surface area contributed by atoms with Crippen LogP contribution in [0.2, 0.25) is 0 Å². The van der Waals surface area contributed by atoms with Crippen LogP contribution in [0, 0.1) is 17.5 Å². The standard InChI is InChI=1S/C19H17F3N4O4/c1-19(2,30)26(8-15-13(22)6-11(21)7-23-15)16(27)9-25-17(28)12-5-10(20)3-4-14(12)24-18(25)29/h3-7,30H,8-9H2,1-2H3,(H,24,29). The predicted octanol–water partition coefficient (Wildman–Crippen LogP) is 1.26. The molecule has 2 aromatic heterocycles. The van der Waals surface area contributed by atoms with Gasteiger partial charge in [-0.2, -0.15) is 0 Å². The maximum absolute atomic E-state index is 14.0. The number of nitrogens with one attached hydrogen (secondary N) is 1. The highest BCUT2D eigenvalue weighted by Gasteiger charge is 2.30. The summed E-state index contributed by atoms with van der Waals surface area (Å²) in [7, 11) is 0. The van der Waals surface area contributed by atoms with Crippen molar-refractivity contribution in [3.63, 3.8) is 0 Å². The van der Waals surface area contributed by atoms with Crippen molar-refractivity contribution < 1.29 is 23.1 Å². The smallest absolute Gasteiger partial charge is 0.329 e. The summed E-state index contributed by atoms with van der Waals surface area (Å²) in [4.78, 5) is 44.4. The summed E-state index contributed by atoms with van der Waals surface area (Å²) in [5.41, 5.74) is -3.91. The number of halogens is 3. The Balaban J connectivity index is 1.99. The highest BCUT2D eigenvalue weighted by atomic mass is 19.1. The monoisotopic (exact) mass is 422 g/mol. The number of carbonyl (C=O) groups excluding carboxylic acids is 1. The lowest BCUT2D eigenvalue weighted by Gasteiger charge is -2.34. The number of amides is 1. The number of nitrogens with zero attached hydrogens (tertiary/aromatic N) is 3. The van der Waals surface area contributed by atoms with E-state index in [1.54, 1.807) is 0 Å². The third-order valence-corrected chi connectivity index (χ3v) is 4.39. The maximum atomic E-state index is 14.0. The van der Waals surface area contributed by atoms with Crippen LogP contribution >= 0.6 is 0 Å². The van der Waals surface area contributed by atoms with Crippen LogP contribution in [0.5, 0.6) is 0 Å². The largest absolute Gasteiger partial charge is 0.371 e. The maximum Gasteiger partial charge on any atom is 0.329 e. The number of fused-ring (bicyclic) bond motifs is 1. The molecule has 0 fully saturated rings. The van der Waals surface area contributed by atoms with Gasteiger partial charge in [0.25, 0.3) is 5.56 Å². The molecule has 2 heterocycles. The van der Waals surface area contributed by atoms with Crippen molar-refractivity contribution >= 4 is 16.8 Å². The first-order valence-electron chi connectivity index (χ1n) is 8.72. The molecule has 0 radical (unpaired) electrons. The minimum absolute atomic E-state index is 0.0898. The minimum atomic E-state index is -1.83. The lowest BCUT2D eigenvalue weighted by Crippen LogP contribution is -2.50. The molecule has 158 valence electrons. The number of hydrogen-bond acceptors (Lipinski definition) is 5. The summed E-state index contributed by atoms with van der Waals surface area (Å²) in [6.07, 6.45) is 0.749. The van der Waals surface area contributed by atoms with Crippen molar-refractivity contribution in [1.82, 2.24) is 19.4 Å². The lowest BCUT2D eigenvalue weighted by atomic mass is 10.2. The number of H-pyrrole nitrogens is 1. The molecule has 0 spiro atoms. The number of rotatable bonds is 5. The molecule has 1 aromatic carbocycles. The molecule has 3 aromatic rings. The predicted molar refractivity (Wildman–Crippen MR) is 99.8 cm³/mol. The Morgan fingerprint density at radius 1 is 1.20 bits per heavy atom. The molecule has 0 unspecified atom stereocenters. The van der Waals surface area contributed by atoms with E-state index >= 15 is 0 Å². The van der Waals surface area contributed by atoms with E-state index in [9.17, 15) is 32.7 Å². The van der Waals surface area contributed by atoms with Gasteiger partial charge in [0.05, 0.1) is 29.3 Å². The van der Waals surface area contributed by atoms with Crippen LogP contribution in [0.3, 0.4) is 0 Å². The van der Waals surface area contributed by atoms with Crippen LogP contribution in [0.25, 0.3) is 10.9 Å². The van der Waals surface area contributed by atoms with Crippen LogP contribution in [0.1, 0.15) is 19.5 Å². The molecule has 0 aliphatic carbocycles. The van der Waals surface area contributed by atoms with Crippen LogP contribution < -0.4 is 11.2 Å². The third-order valence-electron chi connectivity index (χ3n) is 4.39. The number of benzene rings is 1. The lowest BCUT2D eigenvalue weighted by molar-refractivity contribution is -0.155. The minimum Gasteiger partial charge on any atom is -0.371 e. The van der Waals surface area contributed by atoms with E-state index in [1.807, 2.05) is 0 Å². The number of aromatic nitrogens is 3. The first-order chi connectivity index (χ1) is 14.0. The summed E-state index contributed by atoms with van der Waals surface area (Å²) in [5.74, 6) is -3.58. The van der Waals surface area contributed by atoms with Gasteiger partial charge in [0.1, 0.15) is 29.7 Å². The van der Waals surface area contributed by atoms with E-state index in [4.69, 9.17) is 0 Å². The molecular formula is C19H17F3N4O4. The molecule has 8 nitrogen and oxygen atoms in total. The summed E-state index contributed by atoms with van der Waals surface area (Å²) in [6.45, 7) is 1.10. The second-order valence-corrected chi connectivity index (χ2v) is 7.07. The molecular weight excluding hydrogens is 405 g/mol. The zero-order valence-corrected chi connectivity index (χ0v) is 15.9. The van der Waals surface area contributed by atoms with E-state index in [2.05, 4.69) is 9.97 Å². The number of pyridine rings is 1. The second-order valence-electron chi connectivity index (χ2n) is 7.07. The van der Waals surface area contributed by atoms with Crippen molar-refractivity contribution in [2.24, 2.45) is 0 Å². The van der Waals surface area contributed by atoms with Crippen LogP contribution in [0.4, 0.5) is 13.2 Å². The number of hydrogen-bond donors (Lipinski definition) is 2. The third kappa shape index (κ3) is 4.25. The Kier molecular flexibility index (Phi) is 5.49. The zero-order valence-electron chi connectivity index (χ0n) is 15.9. The number of aliphatic hydroxyl groups is 1. The fraction of sp³-hybridized carbons (Fsp3) is 0.263. The van der Waals surface area contributed by atoms with E-state index in [0.717, 1.165) is 23.2 Å². The van der Waals surface area contributed by atoms with Gasteiger partial charge >= 0.3 is 5.69 Å². The molecule has 0 saturated heterocycles. The highest BCUT2D eigenvalue weighted by Crippen LogP contribution is 2.17. The van der Waals surface area contributed by atoms with Gasteiger partial charge in [-0.25, -0.2) is 18.0 Å². The Morgan fingerprint density at radius 3 is 2.53 bits per heavy atom. The average Bonchev–Trinajstić information content (AvgIpc) is 2.64. The Morgan fingerprint density at radius 2 is 1.90 bits per heavy atom. The van der Waals surface area contributed by atoms with Crippen molar-refractivity contribution in [3.8, 4) is 0 Å². The molecule has 30 heavy (non-hydrogen) atoms. The van der Waals surface area contributed by atoms with Crippen molar-refractivity contribution in [1.29, 1.82) is 0 Å². The Bertz CT molecular complexity index is 1250. The van der Waals surface area contributed by atoms with E-state index in [1.165, 1.54) is 19.9 Å². The fourth-order valence-electron chi connectivity index (χ4n) is 2.88. The van der Waals surface area contributed by atoms with Crippen LogP contribution in [0.15, 0.2) is 40.1 Å². The summed E-state index contributed by atoms with van der Waals surface area (Å²) in [6, 6.07) is 3.77. The number of carbonyl (C=O) groups is 1. The van der Waals surface area contributed by atoms with Crippen molar-refractivity contribution in [3.05, 3.63) is 74.4 Å². The van der Waals surface area contributed by atoms with Gasteiger partial charge in [0, 0.05) is 6.07 Å². The first-order valence-corrected chi connectivity index (χ1v) is 8.72. The van der Waals surface area contributed by atoms with Crippen LogP contribution in [-0.4, -0.2) is 36.2 Å². The quantitative estimate of drug-likeness (QED) is 0.602.